The van der Waals surface area contributed by atoms with Gasteiger partial charge in [-0.05, 0) is 85.7 Å². The molecule has 0 spiro atoms. The number of para-hydroxylation sites is 1. The number of hydrogen-bond donors (Lipinski definition) is 2. The van der Waals surface area contributed by atoms with E-state index in [2.05, 4.69) is 10.6 Å². The number of carbonyl (C=O) groups excluding carboxylic acids is 4. The van der Waals surface area contributed by atoms with Crippen molar-refractivity contribution in [3.63, 3.8) is 0 Å². The van der Waals surface area contributed by atoms with Crippen LogP contribution in [-0.4, -0.2) is 48.9 Å². The molecule has 0 bridgehead atoms. The molecule has 212 valence electrons. The average Bonchev–Trinajstić information content (AvgIpc) is 2.85. The summed E-state index contributed by atoms with van der Waals surface area (Å²) < 4.78 is 16.5. The second-order valence-electron chi connectivity index (χ2n) is 12.0. The van der Waals surface area contributed by atoms with Gasteiger partial charge in [0.2, 0.25) is 0 Å². The number of amides is 1. The van der Waals surface area contributed by atoms with Crippen LogP contribution in [0.1, 0.15) is 65.7 Å². The van der Waals surface area contributed by atoms with E-state index < -0.39 is 28.3 Å². The summed E-state index contributed by atoms with van der Waals surface area (Å²) in [7, 11) is 0. The summed E-state index contributed by atoms with van der Waals surface area (Å²) in [5, 5.41) is 5.93. The van der Waals surface area contributed by atoms with Gasteiger partial charge in [-0.3, -0.25) is 19.2 Å². The zero-order chi connectivity index (χ0) is 29.4. The van der Waals surface area contributed by atoms with E-state index >= 15 is 0 Å². The fourth-order valence-corrected chi connectivity index (χ4v) is 2.87. The molecule has 0 fully saturated rings. The Labute approximate surface area is 230 Å². The fourth-order valence-electron chi connectivity index (χ4n) is 2.87. The van der Waals surface area contributed by atoms with E-state index in [0.29, 0.717) is 5.75 Å². The first kappa shape index (κ1) is 31.5. The first-order valence-electron chi connectivity index (χ1n) is 12.8. The van der Waals surface area contributed by atoms with E-state index in [1.807, 2.05) is 32.0 Å². The Bertz CT molecular complexity index is 1180. The number of ether oxygens (including phenoxy) is 3. The maximum atomic E-state index is 13.0. The summed E-state index contributed by atoms with van der Waals surface area (Å²) in [5.74, 6) is -0.960. The Balaban J connectivity index is 2.03. The highest BCUT2D eigenvalue weighted by Gasteiger charge is 2.29. The molecular weight excluding hydrogens is 500 g/mol. The van der Waals surface area contributed by atoms with Gasteiger partial charge in [0.15, 0.2) is 23.9 Å². The molecule has 9 heteroatoms. The van der Waals surface area contributed by atoms with Crippen LogP contribution >= 0.6 is 0 Å². The molecule has 0 aliphatic rings. The first-order valence-corrected chi connectivity index (χ1v) is 12.8. The summed E-state index contributed by atoms with van der Waals surface area (Å²) >= 11 is 0. The number of benzene rings is 2. The maximum Gasteiger partial charge on any atom is 0.316 e. The maximum absolute atomic E-state index is 13.0. The minimum absolute atomic E-state index is 0.0108. The van der Waals surface area contributed by atoms with Crippen molar-refractivity contribution in [1.29, 1.82) is 0 Å². The number of hydrogen-bond acceptors (Lipinski definition) is 8. The van der Waals surface area contributed by atoms with E-state index in [4.69, 9.17) is 14.2 Å². The minimum Gasteiger partial charge on any atom is -0.484 e. The van der Waals surface area contributed by atoms with Gasteiger partial charge < -0.3 is 24.8 Å². The molecular formula is C30H40N2O7. The lowest BCUT2D eigenvalue weighted by molar-refractivity contribution is -0.145. The SMILES string of the molecule is CC(C)(CNC(=O)COc1ccccc1)NCC(=O)c1ccc(OC(=O)C(C)(C)C)c(OC(=O)C(C)(C)C)c1. The van der Waals surface area contributed by atoms with Crippen LogP contribution in [0.5, 0.6) is 17.2 Å². The molecule has 0 radical (unpaired) electrons. The van der Waals surface area contributed by atoms with Crippen LogP contribution in [0, 0.1) is 10.8 Å². The molecule has 0 saturated carbocycles. The van der Waals surface area contributed by atoms with Crippen molar-refractivity contribution in [3.05, 3.63) is 54.1 Å². The normalized spacial score (nSPS) is 11.9. The summed E-state index contributed by atoms with van der Waals surface area (Å²) in [6.07, 6.45) is 0. The Morgan fingerprint density at radius 3 is 1.87 bits per heavy atom. The van der Waals surface area contributed by atoms with Crippen LogP contribution in [0.25, 0.3) is 0 Å². The van der Waals surface area contributed by atoms with Crippen LogP contribution in [0.4, 0.5) is 0 Å². The van der Waals surface area contributed by atoms with Gasteiger partial charge in [-0.2, -0.15) is 0 Å². The number of rotatable bonds is 11. The molecule has 1 amide bonds. The molecule has 0 aliphatic heterocycles. The van der Waals surface area contributed by atoms with Gasteiger partial charge in [-0.15, -0.1) is 0 Å². The molecule has 2 aromatic rings. The lowest BCUT2D eigenvalue weighted by Gasteiger charge is -2.26. The van der Waals surface area contributed by atoms with Crippen LogP contribution in [0.3, 0.4) is 0 Å². The standard InChI is InChI=1S/C30H40N2O7/c1-28(2,3)26(35)38-23-15-14-20(16-24(23)39-27(36)29(4,5)6)22(33)17-32-30(7,8)19-31-25(34)18-37-21-12-10-9-11-13-21/h9-16,32H,17-19H2,1-8H3,(H,31,34). The first-order chi connectivity index (χ1) is 18.0. The fraction of sp³-hybridized carbons (Fsp3) is 0.467. The highest BCUT2D eigenvalue weighted by Crippen LogP contribution is 2.32. The molecule has 2 N–H and O–H groups in total. The number of ketones is 1. The Kier molecular flexibility index (Phi) is 10.4. The smallest absolute Gasteiger partial charge is 0.316 e. The van der Waals surface area contributed by atoms with E-state index in [9.17, 15) is 19.2 Å². The van der Waals surface area contributed by atoms with Crippen LogP contribution in [0.2, 0.25) is 0 Å². The Morgan fingerprint density at radius 2 is 1.31 bits per heavy atom. The quantitative estimate of drug-likeness (QED) is 0.245. The van der Waals surface area contributed by atoms with Gasteiger partial charge in [0.1, 0.15) is 5.75 Å². The highest BCUT2D eigenvalue weighted by molar-refractivity contribution is 5.98. The Hall–Kier alpha value is -3.72. The molecule has 2 aromatic carbocycles. The number of Topliss-reactive ketones (excluding diaryl/α,β-unsaturated/α-hetero) is 1. The number of nitrogens with one attached hydrogen (secondary N) is 2. The number of esters is 2. The van der Waals surface area contributed by atoms with Crippen LogP contribution in [0.15, 0.2) is 48.5 Å². The van der Waals surface area contributed by atoms with E-state index in [1.54, 1.807) is 53.7 Å². The van der Waals surface area contributed by atoms with Gasteiger partial charge >= 0.3 is 11.9 Å². The second kappa shape index (κ2) is 12.9. The monoisotopic (exact) mass is 540 g/mol. The van der Waals surface area contributed by atoms with E-state index in [-0.39, 0.29) is 48.4 Å². The highest BCUT2D eigenvalue weighted by atomic mass is 16.6. The summed E-state index contributed by atoms with van der Waals surface area (Å²) in [4.78, 5) is 50.2. The Morgan fingerprint density at radius 1 is 0.744 bits per heavy atom. The third kappa shape index (κ3) is 10.5. The average molecular weight is 541 g/mol. The van der Waals surface area contributed by atoms with Gasteiger partial charge in [0.25, 0.3) is 5.91 Å². The zero-order valence-electron chi connectivity index (χ0n) is 24.1. The third-order valence-corrected chi connectivity index (χ3v) is 5.46. The molecule has 0 saturated heterocycles. The lowest BCUT2D eigenvalue weighted by atomic mass is 9.97. The van der Waals surface area contributed by atoms with Gasteiger partial charge in [-0.1, -0.05) is 18.2 Å². The third-order valence-electron chi connectivity index (χ3n) is 5.46. The molecule has 9 nitrogen and oxygen atoms in total. The summed E-state index contributed by atoms with van der Waals surface area (Å²) in [6, 6.07) is 13.4. The molecule has 0 aliphatic carbocycles. The van der Waals surface area contributed by atoms with E-state index in [0.717, 1.165) is 0 Å². The topological polar surface area (TPSA) is 120 Å². The van der Waals surface area contributed by atoms with Gasteiger partial charge in [0.05, 0.1) is 17.4 Å². The largest absolute Gasteiger partial charge is 0.484 e. The number of carbonyl (C=O) groups is 4. The summed E-state index contributed by atoms with van der Waals surface area (Å²) in [6.45, 7) is 14.0. The molecule has 0 heterocycles. The van der Waals surface area contributed by atoms with Crippen molar-refractivity contribution in [2.45, 2.75) is 60.9 Å². The zero-order valence-corrected chi connectivity index (χ0v) is 24.1. The van der Waals surface area contributed by atoms with Crippen molar-refractivity contribution in [1.82, 2.24) is 10.6 Å². The van der Waals surface area contributed by atoms with Crippen molar-refractivity contribution in [3.8, 4) is 17.2 Å². The van der Waals surface area contributed by atoms with Crippen molar-refractivity contribution < 1.29 is 33.4 Å². The molecule has 39 heavy (non-hydrogen) atoms. The molecule has 2 rings (SSSR count). The van der Waals surface area contributed by atoms with Gasteiger partial charge in [0, 0.05) is 17.6 Å². The van der Waals surface area contributed by atoms with Crippen molar-refractivity contribution in [2.24, 2.45) is 10.8 Å². The minimum atomic E-state index is -0.812. The second-order valence-corrected chi connectivity index (χ2v) is 12.0. The lowest BCUT2D eigenvalue weighted by Crippen LogP contribution is -2.51. The summed E-state index contributed by atoms with van der Waals surface area (Å²) in [5.41, 5.74) is -1.93. The van der Waals surface area contributed by atoms with Gasteiger partial charge in [-0.25, -0.2) is 0 Å². The van der Waals surface area contributed by atoms with Crippen LogP contribution < -0.4 is 24.8 Å². The van der Waals surface area contributed by atoms with Crippen LogP contribution in [-0.2, 0) is 14.4 Å². The van der Waals surface area contributed by atoms with Crippen molar-refractivity contribution in [2.75, 3.05) is 19.7 Å². The molecule has 0 aromatic heterocycles. The molecule has 0 atom stereocenters. The molecule has 0 unspecified atom stereocenters. The van der Waals surface area contributed by atoms with Crippen molar-refractivity contribution >= 4 is 23.6 Å². The predicted molar refractivity (Wildman–Crippen MR) is 148 cm³/mol. The predicted octanol–water partition coefficient (Wildman–Crippen LogP) is 4.34. The van der Waals surface area contributed by atoms with E-state index in [1.165, 1.54) is 18.2 Å².